The molecule has 0 aliphatic heterocycles. The smallest absolute Gasteiger partial charge is 0.307 e. The molecule has 1 saturated carbocycles. The number of hydrogen-bond acceptors (Lipinski definition) is 6. The highest BCUT2D eigenvalue weighted by Crippen LogP contribution is 2.61. The molecule has 35 heavy (non-hydrogen) atoms. The van der Waals surface area contributed by atoms with Crippen LogP contribution in [0.4, 0.5) is 0 Å². The summed E-state index contributed by atoms with van der Waals surface area (Å²) >= 11 is 0. The molecule has 3 aromatic rings. The number of nitrogens with zero attached hydrogens (tertiary/aromatic N) is 2. The number of aromatic nitrogens is 2. The van der Waals surface area contributed by atoms with Crippen LogP contribution >= 0.6 is 0 Å². The number of pyridine rings is 2. The first kappa shape index (κ1) is 23.3. The standard InChI is InChI=1S/C28H30N2O5/c1-16-20(7-8-23(30-16)34-10-9-28(2,3)33)18-6-4-5-17(11-18)15-35-24-13-19-12-21-25(22(19)14-29-24)26(21)27(31)32/h4-8,11,13-14,21,25-26,33H,9-10,12,15H2,1-3H3,(H,31,32). The molecule has 3 unspecified atom stereocenters. The number of ether oxygens (including phenoxy) is 2. The van der Waals surface area contributed by atoms with Crippen molar-refractivity contribution in [3.05, 3.63) is 71.0 Å². The molecule has 0 spiro atoms. The lowest BCUT2D eigenvalue weighted by molar-refractivity contribution is -0.139. The van der Waals surface area contributed by atoms with Crippen LogP contribution in [0.25, 0.3) is 11.1 Å². The van der Waals surface area contributed by atoms with E-state index < -0.39 is 11.6 Å². The van der Waals surface area contributed by atoms with Crippen LogP contribution in [0.1, 0.15) is 48.6 Å². The first-order valence-corrected chi connectivity index (χ1v) is 12.0. The summed E-state index contributed by atoms with van der Waals surface area (Å²) in [6, 6.07) is 13.9. The number of benzene rings is 1. The van der Waals surface area contributed by atoms with Crippen molar-refractivity contribution >= 4 is 5.97 Å². The summed E-state index contributed by atoms with van der Waals surface area (Å²) < 4.78 is 11.7. The quantitative estimate of drug-likeness (QED) is 0.469. The van der Waals surface area contributed by atoms with Crippen molar-refractivity contribution in [2.45, 2.75) is 51.7 Å². The summed E-state index contributed by atoms with van der Waals surface area (Å²) in [5.74, 6) is 0.495. The van der Waals surface area contributed by atoms with Gasteiger partial charge in [-0.3, -0.25) is 4.79 Å². The number of aryl methyl sites for hydroxylation is 1. The van der Waals surface area contributed by atoms with Gasteiger partial charge >= 0.3 is 5.97 Å². The van der Waals surface area contributed by atoms with Crippen LogP contribution in [-0.2, 0) is 17.8 Å². The Morgan fingerprint density at radius 3 is 2.71 bits per heavy atom. The molecular formula is C28H30N2O5. The van der Waals surface area contributed by atoms with Crippen molar-refractivity contribution in [3.63, 3.8) is 0 Å². The van der Waals surface area contributed by atoms with Crippen molar-refractivity contribution in [2.75, 3.05) is 6.61 Å². The highest BCUT2D eigenvalue weighted by molar-refractivity contribution is 5.77. The van der Waals surface area contributed by atoms with E-state index in [9.17, 15) is 15.0 Å². The predicted molar refractivity (Wildman–Crippen MR) is 130 cm³/mol. The van der Waals surface area contributed by atoms with Gasteiger partial charge in [0, 0.05) is 41.9 Å². The topological polar surface area (TPSA) is 102 Å². The minimum atomic E-state index is -0.767. The Kier molecular flexibility index (Phi) is 5.97. The van der Waals surface area contributed by atoms with Gasteiger partial charge in [0.15, 0.2) is 0 Å². The zero-order chi connectivity index (χ0) is 24.7. The van der Waals surface area contributed by atoms with Gasteiger partial charge in [0.25, 0.3) is 0 Å². The van der Waals surface area contributed by atoms with Gasteiger partial charge in [-0.1, -0.05) is 18.2 Å². The van der Waals surface area contributed by atoms with Crippen molar-refractivity contribution in [1.29, 1.82) is 0 Å². The van der Waals surface area contributed by atoms with Crippen molar-refractivity contribution in [1.82, 2.24) is 9.97 Å². The Labute approximate surface area is 204 Å². The van der Waals surface area contributed by atoms with Crippen LogP contribution in [0.2, 0.25) is 0 Å². The number of carbonyl (C=O) groups is 1. The summed E-state index contributed by atoms with van der Waals surface area (Å²) in [5, 5.41) is 19.1. The number of hydrogen-bond donors (Lipinski definition) is 2. The summed E-state index contributed by atoms with van der Waals surface area (Å²) in [7, 11) is 0. The van der Waals surface area contributed by atoms with E-state index in [1.807, 2.05) is 43.3 Å². The summed E-state index contributed by atoms with van der Waals surface area (Å²) in [6.45, 7) is 6.26. The molecule has 2 N–H and O–H groups in total. The molecule has 2 aliphatic carbocycles. The molecule has 3 atom stereocenters. The van der Waals surface area contributed by atoms with E-state index in [-0.39, 0.29) is 17.8 Å². The molecule has 7 heteroatoms. The first-order chi connectivity index (χ1) is 16.7. The average Bonchev–Trinajstić information content (AvgIpc) is 3.40. The van der Waals surface area contributed by atoms with Gasteiger partial charge in [-0.15, -0.1) is 0 Å². The second-order valence-corrected chi connectivity index (χ2v) is 10.2. The van der Waals surface area contributed by atoms with Gasteiger partial charge in [0.1, 0.15) is 6.61 Å². The Bertz CT molecular complexity index is 1270. The molecule has 0 radical (unpaired) electrons. The second kappa shape index (κ2) is 8.96. The highest BCUT2D eigenvalue weighted by atomic mass is 16.5. The normalized spacial score (nSPS) is 20.2. The molecule has 0 saturated heterocycles. The second-order valence-electron chi connectivity index (χ2n) is 10.2. The number of aliphatic carboxylic acids is 1. The van der Waals surface area contributed by atoms with E-state index in [2.05, 4.69) is 16.0 Å². The molecule has 1 fully saturated rings. The molecule has 5 rings (SSSR count). The van der Waals surface area contributed by atoms with Gasteiger partial charge < -0.3 is 19.7 Å². The number of rotatable bonds is 9. The van der Waals surface area contributed by atoms with Gasteiger partial charge in [-0.05, 0) is 67.5 Å². The fourth-order valence-electron chi connectivity index (χ4n) is 5.00. The largest absolute Gasteiger partial charge is 0.481 e. The van der Waals surface area contributed by atoms with Crippen LogP contribution in [0.3, 0.4) is 0 Å². The molecule has 7 nitrogen and oxygen atoms in total. The maximum absolute atomic E-state index is 11.3. The molecule has 2 heterocycles. The zero-order valence-corrected chi connectivity index (χ0v) is 20.2. The van der Waals surface area contributed by atoms with E-state index in [0.29, 0.717) is 31.4 Å². The SMILES string of the molecule is Cc1nc(OCCC(C)(C)O)ccc1-c1cccc(COc2cc3c(cn2)C2C(C3)C2C(=O)O)c1. The first-order valence-electron chi connectivity index (χ1n) is 12.0. The molecular weight excluding hydrogens is 444 g/mol. The van der Waals surface area contributed by atoms with Crippen molar-refractivity contribution in [3.8, 4) is 22.9 Å². The van der Waals surface area contributed by atoms with Crippen LogP contribution in [0, 0.1) is 18.8 Å². The third-order valence-corrected chi connectivity index (χ3v) is 6.92. The van der Waals surface area contributed by atoms with Crippen LogP contribution < -0.4 is 9.47 Å². The zero-order valence-electron chi connectivity index (χ0n) is 20.2. The Morgan fingerprint density at radius 2 is 1.97 bits per heavy atom. The van der Waals surface area contributed by atoms with Gasteiger partial charge in [0.2, 0.25) is 11.8 Å². The third-order valence-electron chi connectivity index (χ3n) is 6.92. The summed E-state index contributed by atoms with van der Waals surface area (Å²) in [5.41, 5.74) is 5.39. The van der Waals surface area contributed by atoms with Crippen molar-refractivity contribution in [2.24, 2.45) is 11.8 Å². The lowest BCUT2D eigenvalue weighted by atomic mass is 10.0. The average molecular weight is 475 g/mol. The van der Waals surface area contributed by atoms with E-state index >= 15 is 0 Å². The molecule has 182 valence electrons. The minimum Gasteiger partial charge on any atom is -0.481 e. The Hall–Kier alpha value is -3.45. The van der Waals surface area contributed by atoms with E-state index in [4.69, 9.17) is 9.47 Å². The predicted octanol–water partition coefficient (Wildman–Crippen LogP) is 4.54. The Balaban J connectivity index is 1.22. The molecule has 0 amide bonds. The summed E-state index contributed by atoms with van der Waals surface area (Å²) in [6.07, 6.45) is 3.10. The lowest BCUT2D eigenvalue weighted by Gasteiger charge is -2.17. The molecule has 1 aromatic carbocycles. The molecule has 0 bridgehead atoms. The van der Waals surface area contributed by atoms with Gasteiger partial charge in [-0.25, -0.2) is 9.97 Å². The maximum atomic E-state index is 11.3. The maximum Gasteiger partial charge on any atom is 0.307 e. The van der Waals surface area contributed by atoms with E-state index in [1.165, 1.54) is 0 Å². The lowest BCUT2D eigenvalue weighted by Crippen LogP contribution is -2.22. The van der Waals surface area contributed by atoms with Crippen molar-refractivity contribution < 1.29 is 24.5 Å². The minimum absolute atomic E-state index is 0.121. The fraction of sp³-hybridized carbons (Fsp3) is 0.393. The monoisotopic (exact) mass is 474 g/mol. The molecule has 2 aromatic heterocycles. The van der Waals surface area contributed by atoms with E-state index in [1.54, 1.807) is 20.0 Å². The van der Waals surface area contributed by atoms with Crippen LogP contribution in [0.15, 0.2) is 48.7 Å². The number of carboxylic acids is 1. The van der Waals surface area contributed by atoms with Crippen LogP contribution in [-0.4, -0.2) is 38.4 Å². The van der Waals surface area contributed by atoms with Gasteiger partial charge in [0.05, 0.1) is 18.1 Å². The highest BCUT2D eigenvalue weighted by Gasteiger charge is 2.59. The number of carboxylic acid groups (broad SMARTS) is 1. The third kappa shape index (κ3) is 5.00. The number of aliphatic hydroxyl groups is 1. The Morgan fingerprint density at radius 1 is 1.14 bits per heavy atom. The molecule has 2 aliphatic rings. The summed E-state index contributed by atoms with van der Waals surface area (Å²) in [4.78, 5) is 20.3. The van der Waals surface area contributed by atoms with E-state index in [0.717, 1.165) is 39.9 Å². The van der Waals surface area contributed by atoms with Crippen LogP contribution in [0.5, 0.6) is 11.8 Å². The van der Waals surface area contributed by atoms with Gasteiger partial charge in [-0.2, -0.15) is 0 Å². The fourth-order valence-corrected chi connectivity index (χ4v) is 5.00. The number of fused-ring (bicyclic) bond motifs is 3.